The molecule has 2 aromatic rings. The topological polar surface area (TPSA) is 61.4 Å². The molecule has 2 unspecified atom stereocenters. The summed E-state index contributed by atoms with van der Waals surface area (Å²) in [5.41, 5.74) is 1.76. The lowest BCUT2D eigenvalue weighted by Crippen LogP contribution is -2.41. The largest absolute Gasteiger partial charge is 0.388 e. The highest BCUT2D eigenvalue weighted by Gasteiger charge is 2.13. The third-order valence-corrected chi connectivity index (χ3v) is 3.48. The van der Waals surface area contributed by atoms with Gasteiger partial charge in [-0.25, -0.2) is 4.79 Å². The van der Waals surface area contributed by atoms with Gasteiger partial charge in [-0.3, -0.25) is 0 Å². The Kier molecular flexibility index (Phi) is 6.88. The molecule has 2 rings (SSSR count). The Labute approximate surface area is 142 Å². The van der Waals surface area contributed by atoms with Crippen LogP contribution in [0.3, 0.4) is 0 Å². The van der Waals surface area contributed by atoms with Crippen molar-refractivity contribution < 1.29 is 9.90 Å². The molecule has 0 saturated heterocycles. The van der Waals surface area contributed by atoms with Crippen LogP contribution in [0.15, 0.2) is 60.7 Å². The maximum absolute atomic E-state index is 11.8. The number of hydrogen-bond donors (Lipinski definition) is 3. The third kappa shape index (κ3) is 6.15. The molecule has 0 saturated carbocycles. The van der Waals surface area contributed by atoms with E-state index in [-0.39, 0.29) is 18.6 Å². The van der Waals surface area contributed by atoms with E-state index in [0.717, 1.165) is 11.1 Å². The van der Waals surface area contributed by atoms with Crippen LogP contribution in [0.5, 0.6) is 0 Å². The van der Waals surface area contributed by atoms with Crippen molar-refractivity contribution in [3.05, 3.63) is 71.8 Å². The number of benzene rings is 2. The van der Waals surface area contributed by atoms with E-state index < -0.39 is 6.10 Å². The molecular formula is C20H22N2O2. The minimum atomic E-state index is -0.598. The number of hydrogen-bond acceptors (Lipinski definition) is 2. The van der Waals surface area contributed by atoms with E-state index in [1.807, 2.05) is 67.6 Å². The number of carbonyl (C=O) groups excluding carboxylic acids is 1. The van der Waals surface area contributed by atoms with Crippen LogP contribution < -0.4 is 10.6 Å². The van der Waals surface area contributed by atoms with Gasteiger partial charge in [0.15, 0.2) is 0 Å². The molecular weight excluding hydrogens is 300 g/mol. The molecule has 0 aliphatic heterocycles. The molecule has 0 spiro atoms. The fourth-order valence-corrected chi connectivity index (χ4v) is 2.27. The van der Waals surface area contributed by atoms with Crippen LogP contribution in [0.2, 0.25) is 0 Å². The molecule has 2 atom stereocenters. The Morgan fingerprint density at radius 1 is 1.08 bits per heavy atom. The summed E-state index contributed by atoms with van der Waals surface area (Å²) >= 11 is 0. The zero-order chi connectivity index (χ0) is 17.2. The molecule has 0 aliphatic rings. The highest BCUT2D eigenvalue weighted by molar-refractivity contribution is 5.74. The van der Waals surface area contributed by atoms with E-state index in [4.69, 9.17) is 0 Å². The van der Waals surface area contributed by atoms with E-state index in [2.05, 4.69) is 22.5 Å². The number of carbonyl (C=O) groups is 1. The Morgan fingerprint density at radius 3 is 2.38 bits per heavy atom. The van der Waals surface area contributed by atoms with E-state index in [0.29, 0.717) is 6.42 Å². The summed E-state index contributed by atoms with van der Waals surface area (Å²) in [7, 11) is 0. The Hall–Kier alpha value is -2.77. The van der Waals surface area contributed by atoms with Crippen molar-refractivity contribution in [3.63, 3.8) is 0 Å². The quantitative estimate of drug-likeness (QED) is 0.741. The van der Waals surface area contributed by atoms with Crippen LogP contribution in [0.4, 0.5) is 4.79 Å². The van der Waals surface area contributed by atoms with Gasteiger partial charge in [-0.2, -0.15) is 0 Å². The summed E-state index contributed by atoms with van der Waals surface area (Å²) in [6.07, 6.45) is -0.146. The standard InChI is InChI=1S/C20H22N2O2/c1-16(15-19(23)18-12-6-3-7-13-18)22-20(24)21-14-8-11-17-9-4-2-5-10-17/h2-7,9-10,12-13,16,19,23H,14-15H2,1H3,(H2,21,22,24). The van der Waals surface area contributed by atoms with E-state index in [9.17, 15) is 9.90 Å². The van der Waals surface area contributed by atoms with Crippen LogP contribution in [0.25, 0.3) is 0 Å². The zero-order valence-corrected chi connectivity index (χ0v) is 13.7. The van der Waals surface area contributed by atoms with Gasteiger partial charge < -0.3 is 15.7 Å². The second-order valence-corrected chi connectivity index (χ2v) is 5.56. The van der Waals surface area contributed by atoms with Crippen molar-refractivity contribution in [2.75, 3.05) is 6.54 Å². The monoisotopic (exact) mass is 322 g/mol. The van der Waals surface area contributed by atoms with Gasteiger partial charge >= 0.3 is 6.03 Å². The van der Waals surface area contributed by atoms with Crippen molar-refractivity contribution in [1.29, 1.82) is 0 Å². The first-order chi connectivity index (χ1) is 11.6. The Balaban J connectivity index is 1.71. The third-order valence-electron chi connectivity index (χ3n) is 3.48. The average Bonchev–Trinajstić information content (AvgIpc) is 2.60. The fourth-order valence-electron chi connectivity index (χ4n) is 2.27. The van der Waals surface area contributed by atoms with Crippen molar-refractivity contribution >= 4 is 6.03 Å². The predicted molar refractivity (Wildman–Crippen MR) is 95.3 cm³/mol. The Morgan fingerprint density at radius 2 is 1.71 bits per heavy atom. The molecule has 0 aliphatic carbocycles. The molecule has 4 heteroatoms. The second-order valence-electron chi connectivity index (χ2n) is 5.56. The van der Waals surface area contributed by atoms with Crippen LogP contribution in [0.1, 0.15) is 30.6 Å². The molecule has 24 heavy (non-hydrogen) atoms. The molecule has 0 heterocycles. The maximum Gasteiger partial charge on any atom is 0.315 e. The summed E-state index contributed by atoms with van der Waals surface area (Å²) in [4.78, 5) is 11.8. The van der Waals surface area contributed by atoms with Gasteiger partial charge in [0, 0.05) is 11.6 Å². The zero-order valence-electron chi connectivity index (χ0n) is 13.7. The second kappa shape index (κ2) is 9.39. The van der Waals surface area contributed by atoms with E-state index in [1.165, 1.54) is 0 Å². The molecule has 2 amide bonds. The number of rotatable bonds is 5. The van der Waals surface area contributed by atoms with Gasteiger partial charge in [0.2, 0.25) is 0 Å². The predicted octanol–water partition coefficient (Wildman–Crippen LogP) is 2.85. The van der Waals surface area contributed by atoms with Gasteiger partial charge in [0.1, 0.15) is 0 Å². The number of urea groups is 1. The van der Waals surface area contributed by atoms with Gasteiger partial charge in [0.25, 0.3) is 0 Å². The fraction of sp³-hybridized carbons (Fsp3) is 0.250. The summed E-state index contributed by atoms with van der Waals surface area (Å²) in [6, 6.07) is 18.6. The van der Waals surface area contributed by atoms with Crippen molar-refractivity contribution in [2.45, 2.75) is 25.5 Å². The number of aliphatic hydroxyl groups excluding tert-OH is 1. The molecule has 0 aromatic heterocycles. The number of aliphatic hydroxyl groups is 1. The lowest BCUT2D eigenvalue weighted by molar-refractivity contribution is 0.154. The molecule has 0 fully saturated rings. The number of nitrogens with one attached hydrogen (secondary N) is 2. The Bertz CT molecular complexity index is 690. The molecule has 2 aromatic carbocycles. The van der Waals surface area contributed by atoms with Crippen LogP contribution >= 0.6 is 0 Å². The number of amides is 2. The van der Waals surface area contributed by atoms with Crippen molar-refractivity contribution in [2.24, 2.45) is 0 Å². The first kappa shape index (κ1) is 17.6. The molecule has 0 radical (unpaired) electrons. The van der Waals surface area contributed by atoms with E-state index in [1.54, 1.807) is 0 Å². The highest BCUT2D eigenvalue weighted by Crippen LogP contribution is 2.17. The summed E-state index contributed by atoms with van der Waals surface area (Å²) in [5.74, 6) is 5.88. The highest BCUT2D eigenvalue weighted by atomic mass is 16.3. The first-order valence-corrected chi connectivity index (χ1v) is 7.96. The summed E-state index contributed by atoms with van der Waals surface area (Å²) in [5, 5.41) is 15.6. The van der Waals surface area contributed by atoms with Crippen LogP contribution in [-0.2, 0) is 0 Å². The van der Waals surface area contributed by atoms with Gasteiger partial charge in [-0.15, -0.1) is 0 Å². The minimum absolute atomic E-state index is 0.151. The lowest BCUT2D eigenvalue weighted by Gasteiger charge is -2.18. The first-order valence-electron chi connectivity index (χ1n) is 7.96. The molecule has 0 bridgehead atoms. The minimum Gasteiger partial charge on any atom is -0.388 e. The van der Waals surface area contributed by atoms with Crippen LogP contribution in [0, 0.1) is 11.8 Å². The van der Waals surface area contributed by atoms with E-state index >= 15 is 0 Å². The smallest absolute Gasteiger partial charge is 0.315 e. The summed E-state index contributed by atoms with van der Waals surface area (Å²) < 4.78 is 0. The van der Waals surface area contributed by atoms with Crippen molar-refractivity contribution in [3.8, 4) is 11.8 Å². The normalized spacial score (nSPS) is 12.4. The lowest BCUT2D eigenvalue weighted by atomic mass is 10.0. The maximum atomic E-state index is 11.8. The van der Waals surface area contributed by atoms with Gasteiger partial charge in [0.05, 0.1) is 12.6 Å². The summed E-state index contributed by atoms with van der Waals surface area (Å²) in [6.45, 7) is 2.13. The van der Waals surface area contributed by atoms with Crippen molar-refractivity contribution in [1.82, 2.24) is 10.6 Å². The molecule has 3 N–H and O–H groups in total. The van der Waals surface area contributed by atoms with Gasteiger partial charge in [-0.1, -0.05) is 60.4 Å². The SMILES string of the molecule is CC(CC(O)c1ccccc1)NC(=O)NCC#Cc1ccccc1. The van der Waals surface area contributed by atoms with Gasteiger partial charge in [-0.05, 0) is 31.0 Å². The van der Waals surface area contributed by atoms with Crippen LogP contribution in [-0.4, -0.2) is 23.7 Å². The molecule has 124 valence electrons. The molecule has 4 nitrogen and oxygen atoms in total. The average molecular weight is 322 g/mol.